The number of hydrogen-bond acceptors (Lipinski definition) is 3. The summed E-state index contributed by atoms with van der Waals surface area (Å²) in [5.41, 5.74) is 0. The Hall–Kier alpha value is -0.610. The highest BCUT2D eigenvalue weighted by atomic mass is 16.4. The third-order valence-corrected chi connectivity index (χ3v) is 2.47. The molecule has 0 aliphatic carbocycles. The summed E-state index contributed by atoms with van der Waals surface area (Å²) in [6.45, 7) is 1.86. The van der Waals surface area contributed by atoms with Gasteiger partial charge in [-0.15, -0.1) is 0 Å². The minimum Gasteiger partial charge on any atom is -0.480 e. The number of aliphatic hydroxyl groups excluding tert-OH is 1. The first-order valence-corrected chi connectivity index (χ1v) is 4.77. The molecule has 1 unspecified atom stereocenters. The van der Waals surface area contributed by atoms with E-state index in [-0.39, 0.29) is 19.1 Å². The van der Waals surface area contributed by atoms with Crippen molar-refractivity contribution in [3.8, 4) is 0 Å². The highest BCUT2D eigenvalue weighted by molar-refractivity contribution is 5.69. The van der Waals surface area contributed by atoms with Crippen molar-refractivity contribution >= 4 is 5.97 Å². The van der Waals surface area contributed by atoms with Crippen molar-refractivity contribution in [2.75, 3.05) is 26.2 Å². The van der Waals surface area contributed by atoms with Gasteiger partial charge in [0.1, 0.15) is 0 Å². The molecule has 4 heteroatoms. The number of aliphatic hydroxyl groups is 1. The van der Waals surface area contributed by atoms with Crippen molar-refractivity contribution in [2.45, 2.75) is 19.3 Å². The van der Waals surface area contributed by atoms with Crippen LogP contribution in [0.2, 0.25) is 0 Å². The average molecular weight is 187 g/mol. The van der Waals surface area contributed by atoms with Gasteiger partial charge in [-0.25, -0.2) is 0 Å². The van der Waals surface area contributed by atoms with E-state index in [1.165, 1.54) is 0 Å². The summed E-state index contributed by atoms with van der Waals surface area (Å²) in [5, 5.41) is 17.6. The van der Waals surface area contributed by atoms with E-state index in [1.807, 2.05) is 4.90 Å². The average Bonchev–Trinajstić information content (AvgIpc) is 2.28. The zero-order valence-corrected chi connectivity index (χ0v) is 7.78. The van der Waals surface area contributed by atoms with Crippen LogP contribution in [0.5, 0.6) is 0 Å². The Morgan fingerprint density at radius 2 is 2.23 bits per heavy atom. The Kier molecular flexibility index (Phi) is 4.18. The van der Waals surface area contributed by atoms with E-state index in [0.717, 1.165) is 32.4 Å². The molecule has 1 saturated heterocycles. The highest BCUT2D eigenvalue weighted by Crippen LogP contribution is 2.15. The molecule has 0 spiro atoms. The molecule has 1 atom stereocenters. The summed E-state index contributed by atoms with van der Waals surface area (Å²) in [7, 11) is 0. The number of carboxylic acids is 1. The van der Waals surface area contributed by atoms with E-state index in [2.05, 4.69) is 0 Å². The molecule has 1 aliphatic heterocycles. The number of carboxylic acid groups (broad SMARTS) is 1. The molecule has 13 heavy (non-hydrogen) atoms. The van der Waals surface area contributed by atoms with Crippen molar-refractivity contribution in [2.24, 2.45) is 5.92 Å². The fourth-order valence-corrected chi connectivity index (χ4v) is 1.80. The lowest BCUT2D eigenvalue weighted by atomic mass is 10.1. The largest absolute Gasteiger partial charge is 0.480 e. The number of hydrogen-bond donors (Lipinski definition) is 2. The first kappa shape index (κ1) is 10.5. The molecule has 1 aliphatic rings. The van der Waals surface area contributed by atoms with Gasteiger partial charge in [0.25, 0.3) is 0 Å². The molecule has 1 heterocycles. The van der Waals surface area contributed by atoms with Crippen LogP contribution in [-0.2, 0) is 4.79 Å². The summed E-state index contributed by atoms with van der Waals surface area (Å²) in [4.78, 5) is 12.4. The van der Waals surface area contributed by atoms with Gasteiger partial charge in [0.2, 0.25) is 0 Å². The Morgan fingerprint density at radius 1 is 1.46 bits per heavy atom. The molecule has 0 radical (unpaired) electrons. The third kappa shape index (κ3) is 3.74. The van der Waals surface area contributed by atoms with Gasteiger partial charge in [-0.05, 0) is 25.3 Å². The molecule has 76 valence electrons. The minimum atomic E-state index is -0.779. The van der Waals surface area contributed by atoms with Crippen LogP contribution in [0.3, 0.4) is 0 Å². The maximum absolute atomic E-state index is 10.5. The Morgan fingerprint density at radius 3 is 2.85 bits per heavy atom. The van der Waals surface area contributed by atoms with E-state index in [1.54, 1.807) is 0 Å². The predicted octanol–water partition coefficient (Wildman–Crippen LogP) is 0.165. The fourth-order valence-electron chi connectivity index (χ4n) is 1.80. The molecule has 1 rings (SSSR count). The lowest BCUT2D eigenvalue weighted by Crippen LogP contribution is -2.34. The second kappa shape index (κ2) is 5.19. The SMILES string of the molecule is O=C(O)CN1CCCCC(CO)C1. The van der Waals surface area contributed by atoms with Crippen LogP contribution in [0.15, 0.2) is 0 Å². The van der Waals surface area contributed by atoms with Gasteiger partial charge < -0.3 is 10.2 Å². The van der Waals surface area contributed by atoms with Crippen molar-refractivity contribution in [3.63, 3.8) is 0 Å². The smallest absolute Gasteiger partial charge is 0.317 e. The van der Waals surface area contributed by atoms with Crippen molar-refractivity contribution < 1.29 is 15.0 Å². The summed E-state index contributed by atoms with van der Waals surface area (Å²) in [5.74, 6) is -0.513. The van der Waals surface area contributed by atoms with Crippen molar-refractivity contribution in [1.82, 2.24) is 4.90 Å². The monoisotopic (exact) mass is 187 g/mol. The zero-order chi connectivity index (χ0) is 9.68. The van der Waals surface area contributed by atoms with E-state index in [4.69, 9.17) is 10.2 Å². The van der Waals surface area contributed by atoms with Gasteiger partial charge >= 0.3 is 5.97 Å². The van der Waals surface area contributed by atoms with Gasteiger partial charge in [0.15, 0.2) is 0 Å². The molecule has 0 aromatic heterocycles. The molecular weight excluding hydrogens is 170 g/mol. The van der Waals surface area contributed by atoms with Crippen LogP contribution in [-0.4, -0.2) is 47.3 Å². The number of rotatable bonds is 3. The number of carbonyl (C=O) groups is 1. The predicted molar refractivity (Wildman–Crippen MR) is 48.5 cm³/mol. The van der Waals surface area contributed by atoms with Gasteiger partial charge in [-0.3, -0.25) is 9.69 Å². The van der Waals surface area contributed by atoms with E-state index in [9.17, 15) is 4.79 Å². The normalized spacial score (nSPS) is 25.5. The minimum absolute atomic E-state index is 0.108. The Balaban J connectivity index is 2.39. The van der Waals surface area contributed by atoms with Gasteiger partial charge in [0.05, 0.1) is 6.54 Å². The second-order valence-corrected chi connectivity index (χ2v) is 3.67. The quantitative estimate of drug-likeness (QED) is 0.661. The van der Waals surface area contributed by atoms with Gasteiger partial charge in [-0.2, -0.15) is 0 Å². The molecule has 1 fully saturated rings. The molecule has 0 bridgehead atoms. The zero-order valence-electron chi connectivity index (χ0n) is 7.78. The molecule has 0 saturated carbocycles. The third-order valence-electron chi connectivity index (χ3n) is 2.47. The number of aliphatic carboxylic acids is 1. The van der Waals surface area contributed by atoms with Gasteiger partial charge in [0, 0.05) is 13.2 Å². The lowest BCUT2D eigenvalue weighted by Gasteiger charge is -2.20. The van der Waals surface area contributed by atoms with Crippen molar-refractivity contribution in [1.29, 1.82) is 0 Å². The lowest BCUT2D eigenvalue weighted by molar-refractivity contribution is -0.138. The summed E-state index contributed by atoms with van der Waals surface area (Å²) in [6.07, 6.45) is 3.16. The second-order valence-electron chi connectivity index (χ2n) is 3.67. The first-order chi connectivity index (χ1) is 6.22. The van der Waals surface area contributed by atoms with E-state index < -0.39 is 5.97 Å². The molecule has 4 nitrogen and oxygen atoms in total. The van der Waals surface area contributed by atoms with Crippen LogP contribution in [0.1, 0.15) is 19.3 Å². The molecule has 2 N–H and O–H groups in total. The molecule has 0 amide bonds. The summed E-state index contributed by atoms with van der Waals surface area (Å²) >= 11 is 0. The molecule has 0 aromatic rings. The van der Waals surface area contributed by atoms with E-state index in [0.29, 0.717) is 0 Å². The van der Waals surface area contributed by atoms with E-state index >= 15 is 0 Å². The maximum atomic E-state index is 10.5. The molecular formula is C9H17NO3. The maximum Gasteiger partial charge on any atom is 0.317 e. The first-order valence-electron chi connectivity index (χ1n) is 4.77. The summed E-state index contributed by atoms with van der Waals surface area (Å²) in [6, 6.07) is 0. The topological polar surface area (TPSA) is 60.8 Å². The highest BCUT2D eigenvalue weighted by Gasteiger charge is 2.18. The Labute approximate surface area is 78.2 Å². The van der Waals surface area contributed by atoms with Crippen LogP contribution in [0.25, 0.3) is 0 Å². The van der Waals surface area contributed by atoms with Crippen LogP contribution in [0, 0.1) is 5.92 Å². The van der Waals surface area contributed by atoms with Crippen molar-refractivity contribution in [3.05, 3.63) is 0 Å². The summed E-state index contributed by atoms with van der Waals surface area (Å²) < 4.78 is 0. The fraction of sp³-hybridized carbons (Fsp3) is 0.889. The Bertz CT molecular complexity index is 172. The van der Waals surface area contributed by atoms with Crippen LogP contribution < -0.4 is 0 Å². The standard InChI is InChI=1S/C9H17NO3/c11-7-8-3-1-2-4-10(5-8)6-9(12)13/h8,11H,1-7H2,(H,12,13). The van der Waals surface area contributed by atoms with Crippen LogP contribution in [0.4, 0.5) is 0 Å². The number of nitrogens with zero attached hydrogens (tertiary/aromatic N) is 1. The number of likely N-dealkylation sites (tertiary alicyclic amines) is 1. The molecule has 0 aromatic carbocycles. The van der Waals surface area contributed by atoms with Crippen LogP contribution >= 0.6 is 0 Å². The van der Waals surface area contributed by atoms with Gasteiger partial charge in [-0.1, -0.05) is 6.42 Å².